The lowest BCUT2D eigenvalue weighted by Gasteiger charge is -2.20. The highest BCUT2D eigenvalue weighted by Gasteiger charge is 2.17. The molecule has 2 nitrogen and oxygen atoms in total. The Kier molecular flexibility index (Phi) is 4.91. The van der Waals surface area contributed by atoms with E-state index in [1.54, 1.807) is 0 Å². The monoisotopic (exact) mass is 342 g/mol. The van der Waals surface area contributed by atoms with Crippen molar-refractivity contribution >= 4 is 38.6 Å². The van der Waals surface area contributed by atoms with E-state index in [9.17, 15) is 0 Å². The molecule has 0 spiro atoms. The molecule has 1 aromatic carbocycles. The predicted octanol–water partition coefficient (Wildman–Crippen LogP) is 5.53. The predicted molar refractivity (Wildman–Crippen MR) is 85.8 cm³/mol. The molecule has 19 heavy (non-hydrogen) atoms. The lowest BCUT2D eigenvalue weighted by molar-refractivity contribution is 0.399. The van der Waals surface area contributed by atoms with Crippen LogP contribution in [0.25, 0.3) is 11.0 Å². The number of rotatable bonds is 5. The normalized spacial score (nSPS) is 14.8. The van der Waals surface area contributed by atoms with Gasteiger partial charge in [0.05, 0.1) is 16.9 Å². The summed E-state index contributed by atoms with van der Waals surface area (Å²) in [6, 6.07) is 6.62. The Hall–Kier alpha value is -0.540. The number of imidazole rings is 1. The van der Waals surface area contributed by atoms with Crippen LogP contribution in [0.3, 0.4) is 0 Å². The maximum atomic E-state index is 6.06. The van der Waals surface area contributed by atoms with E-state index in [-0.39, 0.29) is 0 Å². The zero-order valence-electron chi connectivity index (χ0n) is 11.7. The Morgan fingerprint density at radius 1 is 1.37 bits per heavy atom. The van der Waals surface area contributed by atoms with Gasteiger partial charge in [0, 0.05) is 10.5 Å². The average Bonchev–Trinajstić information content (AvgIpc) is 2.76. The van der Waals surface area contributed by atoms with Gasteiger partial charge in [-0.3, -0.25) is 0 Å². The third-order valence-electron chi connectivity index (χ3n) is 3.73. The van der Waals surface area contributed by atoms with Crippen molar-refractivity contribution in [2.45, 2.75) is 45.5 Å². The minimum atomic E-state index is 0.419. The molecule has 0 bridgehead atoms. The minimum absolute atomic E-state index is 0.419. The number of alkyl halides is 1. The van der Waals surface area contributed by atoms with Crippen molar-refractivity contribution in [3.8, 4) is 0 Å². The van der Waals surface area contributed by atoms with Gasteiger partial charge in [0.15, 0.2) is 0 Å². The van der Waals surface area contributed by atoms with Gasteiger partial charge in [0.2, 0.25) is 0 Å². The van der Waals surface area contributed by atoms with E-state index in [2.05, 4.69) is 52.3 Å². The van der Waals surface area contributed by atoms with Gasteiger partial charge in [0.1, 0.15) is 5.82 Å². The molecule has 1 heterocycles. The van der Waals surface area contributed by atoms with Crippen molar-refractivity contribution in [3.05, 3.63) is 28.5 Å². The summed E-state index contributed by atoms with van der Waals surface area (Å²) in [6.07, 6.45) is 2.36. The zero-order chi connectivity index (χ0) is 14.0. The number of aromatic nitrogens is 2. The first-order valence-electron chi connectivity index (χ1n) is 6.79. The summed E-state index contributed by atoms with van der Waals surface area (Å²) in [6.45, 7) is 6.79. The lowest BCUT2D eigenvalue weighted by Crippen LogP contribution is -2.11. The summed E-state index contributed by atoms with van der Waals surface area (Å²) >= 11 is 9.60. The second kappa shape index (κ2) is 6.27. The fourth-order valence-corrected chi connectivity index (χ4v) is 3.09. The van der Waals surface area contributed by atoms with Crippen LogP contribution in [-0.2, 0) is 5.88 Å². The lowest BCUT2D eigenvalue weighted by atomic mass is 10.00. The SMILES string of the molecule is CCC(C)CC(C)n1c(CCl)nc2ccc(Br)cc21. The van der Waals surface area contributed by atoms with E-state index in [1.165, 1.54) is 11.9 Å². The van der Waals surface area contributed by atoms with E-state index in [0.717, 1.165) is 22.2 Å². The average molecular weight is 344 g/mol. The first kappa shape index (κ1) is 14.9. The number of halogens is 2. The van der Waals surface area contributed by atoms with Crippen LogP contribution in [0.15, 0.2) is 22.7 Å². The molecule has 1 aromatic heterocycles. The molecule has 2 rings (SSSR count). The molecular formula is C15H20BrClN2. The van der Waals surface area contributed by atoms with Crippen molar-refractivity contribution in [3.63, 3.8) is 0 Å². The maximum absolute atomic E-state index is 6.06. The van der Waals surface area contributed by atoms with Gasteiger partial charge in [-0.15, -0.1) is 11.6 Å². The standard InChI is InChI=1S/C15H20BrClN2/c1-4-10(2)7-11(3)19-14-8-12(16)5-6-13(14)18-15(19)9-17/h5-6,8,10-11H,4,7,9H2,1-3H3. The highest BCUT2D eigenvalue weighted by Crippen LogP contribution is 2.28. The molecule has 0 aliphatic heterocycles. The van der Waals surface area contributed by atoms with E-state index >= 15 is 0 Å². The van der Waals surface area contributed by atoms with Gasteiger partial charge in [-0.1, -0.05) is 36.2 Å². The van der Waals surface area contributed by atoms with E-state index in [4.69, 9.17) is 11.6 Å². The topological polar surface area (TPSA) is 17.8 Å². The molecule has 2 atom stereocenters. The largest absolute Gasteiger partial charge is 0.324 e. The summed E-state index contributed by atoms with van der Waals surface area (Å²) in [7, 11) is 0. The van der Waals surface area contributed by atoms with E-state index in [0.29, 0.717) is 17.8 Å². The second-order valence-corrected chi connectivity index (χ2v) is 6.45. The highest BCUT2D eigenvalue weighted by atomic mass is 79.9. The summed E-state index contributed by atoms with van der Waals surface area (Å²) < 4.78 is 3.37. The Morgan fingerprint density at radius 3 is 2.74 bits per heavy atom. The van der Waals surface area contributed by atoms with Gasteiger partial charge in [-0.05, 0) is 37.5 Å². The number of benzene rings is 1. The zero-order valence-corrected chi connectivity index (χ0v) is 14.0. The Morgan fingerprint density at radius 2 is 2.11 bits per heavy atom. The Bertz CT molecular complexity index is 565. The molecule has 2 unspecified atom stereocenters. The van der Waals surface area contributed by atoms with Crippen LogP contribution in [0.5, 0.6) is 0 Å². The molecule has 0 fully saturated rings. The van der Waals surface area contributed by atoms with Crippen LogP contribution in [0.4, 0.5) is 0 Å². The van der Waals surface area contributed by atoms with Gasteiger partial charge in [-0.2, -0.15) is 0 Å². The van der Waals surface area contributed by atoms with Crippen molar-refractivity contribution < 1.29 is 0 Å². The second-order valence-electron chi connectivity index (χ2n) is 5.26. The molecule has 0 saturated carbocycles. The van der Waals surface area contributed by atoms with Crippen LogP contribution in [0.1, 0.15) is 45.5 Å². The van der Waals surface area contributed by atoms with Crippen molar-refractivity contribution in [2.75, 3.05) is 0 Å². The Labute approximate surface area is 128 Å². The van der Waals surface area contributed by atoms with E-state index < -0.39 is 0 Å². The van der Waals surface area contributed by atoms with Crippen LogP contribution in [0, 0.1) is 5.92 Å². The van der Waals surface area contributed by atoms with Crippen LogP contribution >= 0.6 is 27.5 Å². The molecule has 0 aliphatic rings. The third kappa shape index (κ3) is 3.14. The van der Waals surface area contributed by atoms with Gasteiger partial charge >= 0.3 is 0 Å². The van der Waals surface area contributed by atoms with E-state index in [1.807, 2.05) is 12.1 Å². The van der Waals surface area contributed by atoms with Gasteiger partial charge in [-0.25, -0.2) is 4.98 Å². The third-order valence-corrected chi connectivity index (χ3v) is 4.46. The van der Waals surface area contributed by atoms with Crippen molar-refractivity contribution in [2.24, 2.45) is 5.92 Å². The quantitative estimate of drug-likeness (QED) is 0.652. The number of nitrogens with zero attached hydrogens (tertiary/aromatic N) is 2. The fourth-order valence-electron chi connectivity index (χ4n) is 2.56. The molecule has 0 aliphatic carbocycles. The highest BCUT2D eigenvalue weighted by molar-refractivity contribution is 9.10. The molecule has 104 valence electrons. The Balaban J connectivity index is 2.47. The first-order chi connectivity index (χ1) is 9.06. The molecular weight excluding hydrogens is 324 g/mol. The minimum Gasteiger partial charge on any atom is -0.324 e. The summed E-state index contributed by atoms with van der Waals surface area (Å²) in [5, 5.41) is 0. The first-order valence-corrected chi connectivity index (χ1v) is 8.11. The molecule has 0 radical (unpaired) electrons. The van der Waals surface area contributed by atoms with Gasteiger partial charge < -0.3 is 4.57 Å². The van der Waals surface area contributed by atoms with Crippen molar-refractivity contribution in [1.82, 2.24) is 9.55 Å². The molecule has 2 aromatic rings. The summed E-state index contributed by atoms with van der Waals surface area (Å²) in [5.74, 6) is 2.13. The van der Waals surface area contributed by atoms with Crippen LogP contribution in [-0.4, -0.2) is 9.55 Å². The molecule has 0 amide bonds. The van der Waals surface area contributed by atoms with Gasteiger partial charge in [0.25, 0.3) is 0 Å². The molecule has 0 N–H and O–H groups in total. The number of hydrogen-bond donors (Lipinski definition) is 0. The molecule has 0 saturated heterocycles. The maximum Gasteiger partial charge on any atom is 0.125 e. The smallest absolute Gasteiger partial charge is 0.125 e. The number of hydrogen-bond acceptors (Lipinski definition) is 1. The van der Waals surface area contributed by atoms with Crippen LogP contribution in [0.2, 0.25) is 0 Å². The van der Waals surface area contributed by atoms with Crippen molar-refractivity contribution in [1.29, 1.82) is 0 Å². The fraction of sp³-hybridized carbons (Fsp3) is 0.533. The summed E-state index contributed by atoms with van der Waals surface area (Å²) in [5.41, 5.74) is 2.19. The molecule has 4 heteroatoms. The number of fused-ring (bicyclic) bond motifs is 1. The van der Waals surface area contributed by atoms with Crippen LogP contribution < -0.4 is 0 Å². The summed E-state index contributed by atoms with van der Waals surface area (Å²) in [4.78, 5) is 4.64.